The van der Waals surface area contributed by atoms with Gasteiger partial charge in [-0.1, -0.05) is 62.2 Å². The summed E-state index contributed by atoms with van der Waals surface area (Å²) >= 11 is 6.26. The standard InChI is InChI=1S/C16H19ClN2/c1-10-6-8-12(9-7-10)13-11(2)14(17)19-15(18-13)16(3,4)5/h6-9H,1-5H3. The van der Waals surface area contributed by atoms with Crippen LogP contribution < -0.4 is 0 Å². The lowest BCUT2D eigenvalue weighted by Crippen LogP contribution is -2.17. The van der Waals surface area contributed by atoms with Gasteiger partial charge in [-0.05, 0) is 13.8 Å². The van der Waals surface area contributed by atoms with Crippen molar-refractivity contribution in [2.45, 2.75) is 40.0 Å². The third-order valence-corrected chi connectivity index (χ3v) is 3.45. The van der Waals surface area contributed by atoms with Crippen molar-refractivity contribution in [3.05, 3.63) is 46.4 Å². The molecule has 3 heteroatoms. The Morgan fingerprint density at radius 1 is 0.947 bits per heavy atom. The summed E-state index contributed by atoms with van der Waals surface area (Å²) in [6, 6.07) is 8.32. The van der Waals surface area contributed by atoms with E-state index in [9.17, 15) is 0 Å². The van der Waals surface area contributed by atoms with Crippen LogP contribution in [0.5, 0.6) is 0 Å². The predicted octanol–water partition coefficient (Wildman–Crippen LogP) is 4.71. The summed E-state index contributed by atoms with van der Waals surface area (Å²) in [4.78, 5) is 9.11. The number of hydrogen-bond donors (Lipinski definition) is 0. The normalized spacial score (nSPS) is 11.7. The molecule has 0 N–H and O–H groups in total. The Labute approximate surface area is 119 Å². The van der Waals surface area contributed by atoms with Crippen LogP contribution in [-0.2, 0) is 5.41 Å². The lowest BCUT2D eigenvalue weighted by Gasteiger charge is -2.19. The van der Waals surface area contributed by atoms with Crippen molar-refractivity contribution in [2.24, 2.45) is 0 Å². The van der Waals surface area contributed by atoms with E-state index in [1.807, 2.05) is 6.92 Å². The maximum Gasteiger partial charge on any atom is 0.136 e. The summed E-state index contributed by atoms with van der Waals surface area (Å²) in [6.07, 6.45) is 0. The van der Waals surface area contributed by atoms with Gasteiger partial charge in [-0.15, -0.1) is 0 Å². The van der Waals surface area contributed by atoms with Gasteiger partial charge in [0, 0.05) is 16.5 Å². The molecule has 0 aliphatic rings. The second kappa shape index (κ2) is 4.93. The first kappa shape index (κ1) is 14.0. The third kappa shape index (κ3) is 2.95. The van der Waals surface area contributed by atoms with Crippen LogP contribution in [-0.4, -0.2) is 9.97 Å². The minimum Gasteiger partial charge on any atom is -0.232 e. The van der Waals surface area contributed by atoms with Gasteiger partial charge in [-0.25, -0.2) is 9.97 Å². The average molecular weight is 275 g/mol. The van der Waals surface area contributed by atoms with Crippen molar-refractivity contribution in [3.8, 4) is 11.3 Å². The lowest BCUT2D eigenvalue weighted by molar-refractivity contribution is 0.545. The fraction of sp³-hybridized carbons (Fsp3) is 0.375. The molecule has 0 bridgehead atoms. The molecular formula is C16H19ClN2. The highest BCUT2D eigenvalue weighted by Crippen LogP contribution is 2.29. The first-order valence-corrected chi connectivity index (χ1v) is 6.78. The number of aryl methyl sites for hydroxylation is 1. The first-order valence-electron chi connectivity index (χ1n) is 6.40. The SMILES string of the molecule is Cc1ccc(-c2nc(C(C)(C)C)nc(Cl)c2C)cc1. The summed E-state index contributed by atoms with van der Waals surface area (Å²) in [5, 5.41) is 0.538. The molecular weight excluding hydrogens is 256 g/mol. The van der Waals surface area contributed by atoms with Crippen molar-refractivity contribution >= 4 is 11.6 Å². The quantitative estimate of drug-likeness (QED) is 0.704. The maximum atomic E-state index is 6.26. The van der Waals surface area contributed by atoms with Crippen molar-refractivity contribution in [1.82, 2.24) is 9.97 Å². The van der Waals surface area contributed by atoms with Crippen molar-refractivity contribution in [1.29, 1.82) is 0 Å². The molecule has 0 spiro atoms. The van der Waals surface area contributed by atoms with Crippen LogP contribution in [0.25, 0.3) is 11.3 Å². The average Bonchev–Trinajstić information content (AvgIpc) is 2.32. The topological polar surface area (TPSA) is 25.8 Å². The molecule has 1 aromatic carbocycles. The van der Waals surface area contributed by atoms with E-state index in [2.05, 4.69) is 56.9 Å². The second-order valence-electron chi connectivity index (χ2n) is 5.93. The summed E-state index contributed by atoms with van der Waals surface area (Å²) in [5.74, 6) is 0.777. The van der Waals surface area contributed by atoms with Gasteiger partial charge >= 0.3 is 0 Å². The van der Waals surface area contributed by atoms with Crippen LogP contribution in [0.2, 0.25) is 5.15 Å². The zero-order valence-corrected chi connectivity index (χ0v) is 12.8. The van der Waals surface area contributed by atoms with E-state index >= 15 is 0 Å². The number of nitrogens with zero attached hydrogens (tertiary/aromatic N) is 2. The molecule has 0 saturated carbocycles. The molecule has 2 aromatic rings. The molecule has 1 aromatic heterocycles. The monoisotopic (exact) mass is 274 g/mol. The molecule has 0 aliphatic heterocycles. The van der Waals surface area contributed by atoms with Gasteiger partial charge in [-0.2, -0.15) is 0 Å². The first-order chi connectivity index (χ1) is 8.79. The highest BCUT2D eigenvalue weighted by atomic mass is 35.5. The third-order valence-electron chi connectivity index (χ3n) is 3.08. The smallest absolute Gasteiger partial charge is 0.136 e. The molecule has 0 radical (unpaired) electrons. The van der Waals surface area contributed by atoms with E-state index in [0.717, 1.165) is 22.6 Å². The number of benzene rings is 1. The Bertz CT molecular complexity index is 595. The van der Waals surface area contributed by atoms with Crippen LogP contribution in [0.15, 0.2) is 24.3 Å². The van der Waals surface area contributed by atoms with Crippen LogP contribution >= 0.6 is 11.6 Å². The molecule has 0 unspecified atom stereocenters. The van der Waals surface area contributed by atoms with E-state index in [4.69, 9.17) is 16.6 Å². The van der Waals surface area contributed by atoms with E-state index in [1.165, 1.54) is 5.56 Å². The minimum absolute atomic E-state index is 0.114. The fourth-order valence-corrected chi connectivity index (χ4v) is 1.99. The van der Waals surface area contributed by atoms with E-state index < -0.39 is 0 Å². The van der Waals surface area contributed by atoms with Gasteiger partial charge in [0.1, 0.15) is 11.0 Å². The Morgan fingerprint density at radius 2 is 1.53 bits per heavy atom. The zero-order chi connectivity index (χ0) is 14.2. The molecule has 2 nitrogen and oxygen atoms in total. The summed E-state index contributed by atoms with van der Waals surface area (Å²) < 4.78 is 0. The van der Waals surface area contributed by atoms with Gasteiger partial charge in [-0.3, -0.25) is 0 Å². The van der Waals surface area contributed by atoms with Crippen molar-refractivity contribution in [2.75, 3.05) is 0 Å². The Kier molecular flexibility index (Phi) is 3.64. The molecule has 0 fully saturated rings. The summed E-state index contributed by atoms with van der Waals surface area (Å²) in [6.45, 7) is 10.3. The van der Waals surface area contributed by atoms with Crippen LogP contribution in [0.4, 0.5) is 0 Å². The van der Waals surface area contributed by atoms with E-state index in [0.29, 0.717) is 5.15 Å². The molecule has 2 rings (SSSR count). The van der Waals surface area contributed by atoms with Crippen LogP contribution in [0.3, 0.4) is 0 Å². The Hall–Kier alpha value is -1.41. The van der Waals surface area contributed by atoms with E-state index in [-0.39, 0.29) is 5.41 Å². The van der Waals surface area contributed by atoms with Gasteiger partial charge < -0.3 is 0 Å². The van der Waals surface area contributed by atoms with Crippen LogP contribution in [0.1, 0.15) is 37.7 Å². The second-order valence-corrected chi connectivity index (χ2v) is 6.29. The summed E-state index contributed by atoms with van der Waals surface area (Å²) in [5.41, 5.74) is 4.05. The zero-order valence-electron chi connectivity index (χ0n) is 12.1. The van der Waals surface area contributed by atoms with Crippen LogP contribution in [0, 0.1) is 13.8 Å². The molecule has 0 aliphatic carbocycles. The largest absolute Gasteiger partial charge is 0.232 e. The van der Waals surface area contributed by atoms with Gasteiger partial charge in [0.25, 0.3) is 0 Å². The fourth-order valence-electron chi connectivity index (χ4n) is 1.82. The highest BCUT2D eigenvalue weighted by molar-refractivity contribution is 6.30. The van der Waals surface area contributed by atoms with E-state index in [1.54, 1.807) is 0 Å². The van der Waals surface area contributed by atoms with Crippen molar-refractivity contribution < 1.29 is 0 Å². The number of rotatable bonds is 1. The number of hydrogen-bond acceptors (Lipinski definition) is 2. The molecule has 19 heavy (non-hydrogen) atoms. The molecule has 0 atom stereocenters. The molecule has 100 valence electrons. The Morgan fingerprint density at radius 3 is 2.05 bits per heavy atom. The highest BCUT2D eigenvalue weighted by Gasteiger charge is 2.21. The molecule has 0 amide bonds. The Balaban J connectivity index is 2.62. The summed E-state index contributed by atoms with van der Waals surface area (Å²) in [7, 11) is 0. The number of halogens is 1. The number of aromatic nitrogens is 2. The van der Waals surface area contributed by atoms with Gasteiger partial charge in [0.05, 0.1) is 5.69 Å². The molecule has 0 saturated heterocycles. The maximum absolute atomic E-state index is 6.26. The van der Waals surface area contributed by atoms with Gasteiger partial charge in [0.2, 0.25) is 0 Å². The molecule has 1 heterocycles. The predicted molar refractivity (Wildman–Crippen MR) is 80.7 cm³/mol. The lowest BCUT2D eigenvalue weighted by atomic mass is 9.95. The minimum atomic E-state index is -0.114. The van der Waals surface area contributed by atoms with Crippen molar-refractivity contribution in [3.63, 3.8) is 0 Å². The van der Waals surface area contributed by atoms with Gasteiger partial charge in [0.15, 0.2) is 0 Å².